The van der Waals surface area contributed by atoms with Gasteiger partial charge in [0.1, 0.15) is 11.6 Å². The molecule has 0 aliphatic carbocycles. The van der Waals surface area contributed by atoms with E-state index in [4.69, 9.17) is 0 Å². The summed E-state index contributed by atoms with van der Waals surface area (Å²) in [6.45, 7) is 5.82. The van der Waals surface area contributed by atoms with Crippen LogP contribution in [0.15, 0.2) is 51.1 Å². The van der Waals surface area contributed by atoms with E-state index in [9.17, 15) is 9.59 Å². The van der Waals surface area contributed by atoms with Crippen LogP contribution >= 0.6 is 11.8 Å². The first kappa shape index (κ1) is 18.2. The van der Waals surface area contributed by atoms with Gasteiger partial charge in [0.15, 0.2) is 5.65 Å². The Bertz CT molecular complexity index is 977. The van der Waals surface area contributed by atoms with E-state index in [2.05, 4.69) is 15.5 Å². The lowest BCUT2D eigenvalue weighted by Gasteiger charge is -2.10. The maximum absolute atomic E-state index is 12.5. The van der Waals surface area contributed by atoms with Crippen molar-refractivity contribution in [3.05, 3.63) is 52.4 Å². The Labute approximate surface area is 155 Å². The van der Waals surface area contributed by atoms with Gasteiger partial charge in [-0.2, -0.15) is 9.61 Å². The van der Waals surface area contributed by atoms with E-state index in [-0.39, 0.29) is 18.5 Å². The zero-order valence-electron chi connectivity index (χ0n) is 15.0. The fourth-order valence-corrected chi connectivity index (χ4v) is 3.11. The van der Waals surface area contributed by atoms with E-state index in [1.165, 1.54) is 21.8 Å². The topological polar surface area (TPSA) is 81.3 Å². The lowest BCUT2D eigenvalue weighted by molar-refractivity contribution is -0.122. The van der Waals surface area contributed by atoms with Crippen LogP contribution in [0.5, 0.6) is 0 Å². The van der Waals surface area contributed by atoms with Gasteiger partial charge < -0.3 is 5.32 Å². The average molecular weight is 371 g/mol. The number of nitrogens with one attached hydrogen (secondary N) is 1. The highest BCUT2D eigenvalue weighted by atomic mass is 32.2. The monoisotopic (exact) mass is 371 g/mol. The Morgan fingerprint density at radius 3 is 2.62 bits per heavy atom. The molecular formula is C18H21N5O2S. The number of amides is 1. The molecule has 7 nitrogen and oxygen atoms in total. The SMILES string of the molecule is CC[C@H](C)NC(=O)Cn1nc2ccc(Sc3ccc(C)cc3)nn2c1=O. The summed E-state index contributed by atoms with van der Waals surface area (Å²) < 4.78 is 2.37. The Kier molecular flexibility index (Phi) is 5.41. The normalized spacial score (nSPS) is 12.3. The van der Waals surface area contributed by atoms with E-state index in [1.807, 2.05) is 51.1 Å². The van der Waals surface area contributed by atoms with Crippen molar-refractivity contribution in [1.29, 1.82) is 0 Å². The third-order valence-corrected chi connectivity index (χ3v) is 4.91. The van der Waals surface area contributed by atoms with Crippen molar-refractivity contribution in [2.24, 2.45) is 0 Å². The van der Waals surface area contributed by atoms with Crippen molar-refractivity contribution < 1.29 is 4.79 Å². The van der Waals surface area contributed by atoms with Crippen molar-refractivity contribution in [3.63, 3.8) is 0 Å². The summed E-state index contributed by atoms with van der Waals surface area (Å²) in [4.78, 5) is 25.5. The van der Waals surface area contributed by atoms with Crippen LogP contribution in [0.1, 0.15) is 25.8 Å². The van der Waals surface area contributed by atoms with E-state index in [0.29, 0.717) is 10.7 Å². The summed E-state index contributed by atoms with van der Waals surface area (Å²) in [6.07, 6.45) is 0.826. The number of nitrogens with zero attached hydrogens (tertiary/aromatic N) is 4. The van der Waals surface area contributed by atoms with Crippen molar-refractivity contribution in [3.8, 4) is 0 Å². The molecule has 1 amide bonds. The standard InChI is InChI=1S/C18H21N5O2S/c1-4-13(3)19-16(24)11-22-18(25)23-15(20-22)9-10-17(21-23)26-14-7-5-12(2)6-8-14/h5-10,13H,4,11H2,1-3H3,(H,19,24)/t13-/m0/s1. The molecule has 2 aromatic heterocycles. The number of aryl methyl sites for hydroxylation is 1. The molecule has 3 rings (SSSR count). The molecular weight excluding hydrogens is 350 g/mol. The van der Waals surface area contributed by atoms with E-state index >= 15 is 0 Å². The summed E-state index contributed by atoms with van der Waals surface area (Å²) in [5.41, 5.74) is 1.18. The maximum atomic E-state index is 12.5. The van der Waals surface area contributed by atoms with Crippen molar-refractivity contribution >= 4 is 23.3 Å². The molecule has 1 N–H and O–H groups in total. The van der Waals surface area contributed by atoms with Crippen LogP contribution in [-0.4, -0.2) is 31.3 Å². The zero-order valence-corrected chi connectivity index (χ0v) is 15.8. The fraction of sp³-hybridized carbons (Fsp3) is 0.333. The van der Waals surface area contributed by atoms with Gasteiger partial charge in [-0.05, 0) is 44.5 Å². The first-order valence-corrected chi connectivity index (χ1v) is 9.28. The number of aromatic nitrogens is 4. The third kappa shape index (κ3) is 4.13. The molecule has 1 aromatic carbocycles. The highest BCUT2D eigenvalue weighted by Gasteiger charge is 2.13. The van der Waals surface area contributed by atoms with Gasteiger partial charge in [-0.1, -0.05) is 36.4 Å². The summed E-state index contributed by atoms with van der Waals surface area (Å²) in [5.74, 6) is -0.237. The van der Waals surface area contributed by atoms with E-state index in [0.717, 1.165) is 16.0 Å². The summed E-state index contributed by atoms with van der Waals surface area (Å²) in [7, 11) is 0. The quantitative estimate of drug-likeness (QED) is 0.719. The van der Waals surface area contributed by atoms with Gasteiger partial charge in [-0.25, -0.2) is 9.48 Å². The summed E-state index contributed by atoms with van der Waals surface area (Å²) in [6, 6.07) is 11.7. The molecule has 0 saturated carbocycles. The second kappa shape index (κ2) is 7.74. The highest BCUT2D eigenvalue weighted by molar-refractivity contribution is 7.99. The first-order valence-electron chi connectivity index (χ1n) is 8.47. The van der Waals surface area contributed by atoms with Crippen molar-refractivity contribution in [2.45, 2.75) is 49.7 Å². The molecule has 1 atom stereocenters. The van der Waals surface area contributed by atoms with Gasteiger partial charge in [-0.3, -0.25) is 4.79 Å². The van der Waals surface area contributed by atoms with Crippen LogP contribution < -0.4 is 11.0 Å². The van der Waals surface area contributed by atoms with Gasteiger partial charge in [0, 0.05) is 10.9 Å². The molecule has 0 bridgehead atoms. The lowest BCUT2D eigenvalue weighted by Crippen LogP contribution is -2.37. The fourth-order valence-electron chi connectivity index (χ4n) is 2.33. The van der Waals surface area contributed by atoms with Crippen molar-refractivity contribution in [1.82, 2.24) is 24.7 Å². The molecule has 0 aliphatic rings. The predicted molar refractivity (Wildman–Crippen MR) is 100 cm³/mol. The molecule has 136 valence electrons. The highest BCUT2D eigenvalue weighted by Crippen LogP contribution is 2.25. The van der Waals surface area contributed by atoms with Crippen molar-refractivity contribution in [2.75, 3.05) is 0 Å². The molecule has 0 unspecified atom stereocenters. The number of hydrogen-bond donors (Lipinski definition) is 1. The number of fused-ring (bicyclic) bond motifs is 1. The second-order valence-corrected chi connectivity index (χ2v) is 7.27. The van der Waals surface area contributed by atoms with Crippen LogP contribution in [0.4, 0.5) is 0 Å². The molecule has 0 saturated heterocycles. The van der Waals surface area contributed by atoms with Crippen LogP contribution in [0.2, 0.25) is 0 Å². The molecule has 8 heteroatoms. The first-order chi connectivity index (χ1) is 12.5. The third-order valence-electron chi connectivity index (χ3n) is 3.97. The number of carbonyl (C=O) groups excluding carboxylic acids is 1. The molecule has 0 aliphatic heterocycles. The Hall–Kier alpha value is -2.61. The van der Waals surface area contributed by atoms with Crippen LogP contribution in [0.25, 0.3) is 5.65 Å². The second-order valence-electron chi connectivity index (χ2n) is 6.17. The lowest BCUT2D eigenvalue weighted by atomic mass is 10.2. The summed E-state index contributed by atoms with van der Waals surface area (Å²) in [5, 5.41) is 12.0. The van der Waals surface area contributed by atoms with Gasteiger partial charge in [0.2, 0.25) is 5.91 Å². The van der Waals surface area contributed by atoms with Gasteiger partial charge >= 0.3 is 5.69 Å². The minimum absolute atomic E-state index is 0.0610. The van der Waals surface area contributed by atoms with Gasteiger partial charge in [0.05, 0.1) is 0 Å². The van der Waals surface area contributed by atoms with Gasteiger partial charge in [-0.15, -0.1) is 5.10 Å². The van der Waals surface area contributed by atoms with Crippen LogP contribution in [0, 0.1) is 6.92 Å². The molecule has 2 heterocycles. The maximum Gasteiger partial charge on any atom is 0.367 e. The molecule has 26 heavy (non-hydrogen) atoms. The predicted octanol–water partition coefficient (Wildman–Crippen LogP) is 2.27. The Balaban J connectivity index is 1.81. The minimum Gasteiger partial charge on any atom is -0.352 e. The van der Waals surface area contributed by atoms with E-state index in [1.54, 1.807) is 6.07 Å². The molecule has 3 aromatic rings. The zero-order chi connectivity index (χ0) is 18.7. The summed E-state index contributed by atoms with van der Waals surface area (Å²) >= 11 is 1.47. The van der Waals surface area contributed by atoms with Gasteiger partial charge in [0.25, 0.3) is 0 Å². The van der Waals surface area contributed by atoms with Crippen LogP contribution in [-0.2, 0) is 11.3 Å². The Morgan fingerprint density at radius 1 is 1.19 bits per heavy atom. The number of rotatable bonds is 6. The molecule has 0 spiro atoms. The van der Waals surface area contributed by atoms with Crippen LogP contribution in [0.3, 0.4) is 0 Å². The van der Waals surface area contributed by atoms with E-state index < -0.39 is 5.69 Å². The number of hydrogen-bond acceptors (Lipinski definition) is 5. The number of benzene rings is 1. The molecule has 0 fully saturated rings. The molecule has 0 radical (unpaired) electrons. The Morgan fingerprint density at radius 2 is 1.92 bits per heavy atom. The minimum atomic E-state index is -0.425. The largest absolute Gasteiger partial charge is 0.367 e. The number of carbonyl (C=O) groups is 1. The average Bonchev–Trinajstić information content (AvgIpc) is 2.92. The smallest absolute Gasteiger partial charge is 0.352 e.